The number of alkyl halides is 3. The van der Waals surface area contributed by atoms with Gasteiger partial charge in [0.1, 0.15) is 5.75 Å². The highest BCUT2D eigenvalue weighted by Gasteiger charge is 2.31. The molecule has 1 aromatic heterocycles. The Morgan fingerprint density at radius 2 is 1.61 bits per heavy atom. The zero-order valence-electron chi connectivity index (χ0n) is 13.7. The third-order valence-corrected chi connectivity index (χ3v) is 3.57. The van der Waals surface area contributed by atoms with Crippen molar-refractivity contribution in [2.75, 3.05) is 0 Å². The summed E-state index contributed by atoms with van der Waals surface area (Å²) in [6.07, 6.45) is -3.19. The molecule has 0 saturated heterocycles. The molecule has 1 aromatic carbocycles. The zero-order valence-corrected chi connectivity index (χ0v) is 13.7. The molecule has 0 aliphatic carbocycles. The number of hydrogen-bond donors (Lipinski definition) is 0. The Morgan fingerprint density at radius 3 is 2.09 bits per heavy atom. The van der Waals surface area contributed by atoms with Crippen LogP contribution in [0.25, 0.3) is 0 Å². The van der Waals surface area contributed by atoms with E-state index in [9.17, 15) is 13.2 Å². The molecule has 2 nitrogen and oxygen atoms in total. The number of pyridine rings is 1. The Morgan fingerprint density at radius 1 is 1.00 bits per heavy atom. The molecule has 0 spiro atoms. The van der Waals surface area contributed by atoms with Gasteiger partial charge in [-0.15, -0.1) is 0 Å². The first kappa shape index (κ1) is 17.3. The smallest absolute Gasteiger partial charge is 0.417 e. The highest BCUT2D eigenvalue weighted by Crippen LogP contribution is 2.33. The molecule has 0 unspecified atom stereocenters. The maximum Gasteiger partial charge on any atom is 0.417 e. The molecule has 2 aromatic rings. The molecule has 124 valence electrons. The van der Waals surface area contributed by atoms with E-state index in [-0.39, 0.29) is 11.3 Å². The number of benzene rings is 1. The number of nitrogens with zero attached hydrogens (tertiary/aromatic N) is 1. The third-order valence-electron chi connectivity index (χ3n) is 3.57. The minimum absolute atomic E-state index is 0.0275. The van der Waals surface area contributed by atoms with Crippen molar-refractivity contribution < 1.29 is 17.9 Å². The van der Waals surface area contributed by atoms with Gasteiger partial charge in [0.15, 0.2) is 0 Å². The minimum Gasteiger partial charge on any atom is -0.439 e. The number of halogens is 3. The molecule has 2 rings (SSSR count). The Hall–Kier alpha value is -2.04. The van der Waals surface area contributed by atoms with Gasteiger partial charge in [0.05, 0.1) is 5.56 Å². The Bertz CT molecular complexity index is 670. The highest BCUT2D eigenvalue weighted by atomic mass is 19.4. The molecule has 0 aliphatic heterocycles. The third kappa shape index (κ3) is 4.24. The molecule has 0 amide bonds. The molecule has 0 saturated carbocycles. The first-order chi connectivity index (χ1) is 10.6. The van der Waals surface area contributed by atoms with Crippen molar-refractivity contribution in [3.8, 4) is 11.6 Å². The minimum atomic E-state index is -4.40. The van der Waals surface area contributed by atoms with Crippen LogP contribution in [-0.4, -0.2) is 4.98 Å². The lowest BCUT2D eigenvalue weighted by Crippen LogP contribution is -2.10. The summed E-state index contributed by atoms with van der Waals surface area (Å²) in [6.45, 7) is 8.09. The molecule has 5 heteroatoms. The maximum absolute atomic E-state index is 12.7. The van der Waals surface area contributed by atoms with E-state index in [1.807, 2.05) is 12.1 Å². The lowest BCUT2D eigenvalue weighted by molar-refractivity contribution is -0.137. The summed E-state index contributed by atoms with van der Waals surface area (Å²) in [7, 11) is 0. The fourth-order valence-corrected chi connectivity index (χ4v) is 2.13. The summed E-state index contributed by atoms with van der Waals surface area (Å²) in [5.41, 5.74) is 0.852. The molecule has 0 radical (unpaired) electrons. The average Bonchev–Trinajstić information content (AvgIpc) is 2.46. The van der Waals surface area contributed by atoms with Gasteiger partial charge in [0.2, 0.25) is 5.88 Å². The fraction of sp³-hybridized carbons (Fsp3) is 0.389. The van der Waals surface area contributed by atoms with Gasteiger partial charge in [0.25, 0.3) is 0 Å². The Labute approximate surface area is 134 Å². The van der Waals surface area contributed by atoms with Crippen molar-refractivity contribution in [3.63, 3.8) is 0 Å². The number of rotatable bonds is 3. The predicted molar refractivity (Wildman–Crippen MR) is 83.8 cm³/mol. The SMILES string of the molecule is CCc1cc(C(F)(F)F)cnc1Oc1ccc(C(C)(C)C)cc1. The van der Waals surface area contributed by atoms with Gasteiger partial charge in [-0.2, -0.15) is 13.2 Å². The van der Waals surface area contributed by atoms with E-state index in [0.29, 0.717) is 17.7 Å². The van der Waals surface area contributed by atoms with Crippen LogP contribution >= 0.6 is 0 Å². The second kappa shape index (κ2) is 6.22. The second-order valence-corrected chi connectivity index (χ2v) is 6.42. The number of ether oxygens (including phenoxy) is 1. The van der Waals surface area contributed by atoms with Crippen molar-refractivity contribution in [3.05, 3.63) is 53.2 Å². The standard InChI is InChI=1S/C18H20F3NO/c1-5-12-10-14(18(19,20)21)11-22-16(12)23-15-8-6-13(7-9-15)17(2,3)4/h6-11H,5H2,1-4H3. The predicted octanol–water partition coefficient (Wildman–Crippen LogP) is 5.75. The van der Waals surface area contributed by atoms with Gasteiger partial charge in [-0.25, -0.2) is 4.98 Å². The molecular weight excluding hydrogens is 303 g/mol. The van der Waals surface area contributed by atoms with Crippen LogP contribution in [0.4, 0.5) is 13.2 Å². The van der Waals surface area contributed by atoms with Gasteiger partial charge < -0.3 is 4.74 Å². The van der Waals surface area contributed by atoms with Gasteiger partial charge in [0, 0.05) is 11.8 Å². The molecule has 0 bridgehead atoms. The summed E-state index contributed by atoms with van der Waals surface area (Å²) in [5.74, 6) is 0.768. The maximum atomic E-state index is 12.7. The van der Waals surface area contributed by atoms with Gasteiger partial charge >= 0.3 is 6.18 Å². The van der Waals surface area contributed by atoms with Crippen molar-refractivity contribution >= 4 is 0 Å². The number of aryl methyl sites for hydroxylation is 1. The second-order valence-electron chi connectivity index (χ2n) is 6.42. The summed E-state index contributed by atoms with van der Waals surface area (Å²) in [4.78, 5) is 3.84. The van der Waals surface area contributed by atoms with Crippen LogP contribution in [-0.2, 0) is 18.0 Å². The average molecular weight is 323 g/mol. The van der Waals surface area contributed by atoms with E-state index >= 15 is 0 Å². The van der Waals surface area contributed by atoms with Gasteiger partial charge in [-0.1, -0.05) is 39.8 Å². The van der Waals surface area contributed by atoms with E-state index in [4.69, 9.17) is 4.74 Å². The van der Waals surface area contributed by atoms with E-state index in [0.717, 1.165) is 17.8 Å². The Balaban J connectivity index is 2.26. The van der Waals surface area contributed by atoms with Crippen LogP contribution in [0.15, 0.2) is 36.5 Å². The topological polar surface area (TPSA) is 22.1 Å². The van der Waals surface area contributed by atoms with Crippen molar-refractivity contribution in [2.45, 2.75) is 45.7 Å². The first-order valence-electron chi connectivity index (χ1n) is 7.46. The van der Waals surface area contributed by atoms with Crippen LogP contribution < -0.4 is 4.74 Å². The quantitative estimate of drug-likeness (QED) is 0.717. The van der Waals surface area contributed by atoms with Crippen LogP contribution in [0.3, 0.4) is 0 Å². The molecular formula is C18H20F3NO. The molecule has 0 fully saturated rings. The van der Waals surface area contributed by atoms with Crippen molar-refractivity contribution in [2.24, 2.45) is 0 Å². The first-order valence-corrected chi connectivity index (χ1v) is 7.46. The molecule has 23 heavy (non-hydrogen) atoms. The fourth-order valence-electron chi connectivity index (χ4n) is 2.13. The van der Waals surface area contributed by atoms with Gasteiger partial charge in [-0.05, 0) is 35.6 Å². The number of hydrogen-bond acceptors (Lipinski definition) is 2. The van der Waals surface area contributed by atoms with Crippen molar-refractivity contribution in [1.29, 1.82) is 0 Å². The summed E-state index contributed by atoms with van der Waals surface area (Å²) in [6, 6.07) is 8.60. The largest absolute Gasteiger partial charge is 0.439 e. The molecule has 1 heterocycles. The van der Waals surface area contributed by atoms with E-state index in [1.165, 1.54) is 0 Å². The monoisotopic (exact) mass is 323 g/mol. The van der Waals surface area contributed by atoms with Crippen LogP contribution in [0.2, 0.25) is 0 Å². The lowest BCUT2D eigenvalue weighted by atomic mass is 9.87. The van der Waals surface area contributed by atoms with Crippen LogP contribution in [0.1, 0.15) is 44.4 Å². The summed E-state index contributed by atoms with van der Waals surface area (Å²) >= 11 is 0. The van der Waals surface area contributed by atoms with Crippen LogP contribution in [0, 0.1) is 0 Å². The highest BCUT2D eigenvalue weighted by molar-refractivity contribution is 5.37. The number of aromatic nitrogens is 1. The van der Waals surface area contributed by atoms with Crippen LogP contribution in [0.5, 0.6) is 11.6 Å². The summed E-state index contributed by atoms with van der Waals surface area (Å²) < 4.78 is 43.9. The normalized spacial score (nSPS) is 12.3. The van der Waals surface area contributed by atoms with E-state index < -0.39 is 11.7 Å². The lowest BCUT2D eigenvalue weighted by Gasteiger charge is -2.19. The molecule has 0 atom stereocenters. The zero-order chi connectivity index (χ0) is 17.3. The molecule has 0 aliphatic rings. The van der Waals surface area contributed by atoms with E-state index in [1.54, 1.807) is 19.1 Å². The van der Waals surface area contributed by atoms with Crippen molar-refractivity contribution in [1.82, 2.24) is 4.98 Å². The Kier molecular flexibility index (Phi) is 4.68. The van der Waals surface area contributed by atoms with Gasteiger partial charge in [-0.3, -0.25) is 0 Å². The van der Waals surface area contributed by atoms with E-state index in [2.05, 4.69) is 25.8 Å². The molecule has 0 N–H and O–H groups in total. The summed E-state index contributed by atoms with van der Waals surface area (Å²) in [5, 5.41) is 0.